The Labute approximate surface area is 171 Å². The Morgan fingerprint density at radius 1 is 1.03 bits per heavy atom. The molecule has 0 spiro atoms. The van der Waals surface area contributed by atoms with Gasteiger partial charge in [-0.15, -0.1) is 0 Å². The van der Waals surface area contributed by atoms with E-state index in [1.165, 1.54) is 24.3 Å². The third-order valence-electron chi connectivity index (χ3n) is 5.60. The highest BCUT2D eigenvalue weighted by molar-refractivity contribution is 5.88. The first-order valence-corrected chi connectivity index (χ1v) is 9.71. The van der Waals surface area contributed by atoms with E-state index >= 15 is 0 Å². The first kappa shape index (κ1) is 19.6. The molecule has 1 fully saturated rings. The number of carbonyl (C=O) groups excluding carboxylic acids is 1. The lowest BCUT2D eigenvalue weighted by Gasteiger charge is -2.21. The maximum atomic E-state index is 12.9. The number of likely N-dealkylation sites (tertiary alicyclic amines) is 1. The number of rotatable bonds is 6. The van der Waals surface area contributed by atoms with Gasteiger partial charge in [0.25, 0.3) is 11.4 Å². The molecule has 30 heavy (non-hydrogen) atoms. The smallest absolute Gasteiger partial charge is 0.270 e. The zero-order chi connectivity index (χ0) is 21.3. The second-order valence-electron chi connectivity index (χ2n) is 7.43. The van der Waals surface area contributed by atoms with E-state index in [2.05, 4.69) is 4.98 Å². The normalized spacial score (nSPS) is 14.7. The fourth-order valence-corrected chi connectivity index (χ4v) is 4.06. The number of aromatic amines is 1. The third kappa shape index (κ3) is 3.73. The van der Waals surface area contributed by atoms with Crippen LogP contribution in [0.25, 0.3) is 10.9 Å². The minimum atomic E-state index is -0.469. The molecule has 1 N–H and O–H groups in total. The standard InChI is InChI=1S/C21H20N4O5/c26-21(23-8-1-2-9-23)12-17(14-4-3-5-15(10-14)24(27)28)19-13-22-20-7-6-16(25(29)30)11-18(19)20/h3-7,10-11,13,17,22H,1-2,8-9,12H2. The van der Waals surface area contributed by atoms with Crippen molar-refractivity contribution in [3.05, 3.63) is 80.0 Å². The van der Waals surface area contributed by atoms with Crippen molar-refractivity contribution in [2.75, 3.05) is 13.1 Å². The van der Waals surface area contributed by atoms with Gasteiger partial charge < -0.3 is 9.88 Å². The number of nitrogens with zero attached hydrogens (tertiary/aromatic N) is 3. The molecule has 2 aromatic carbocycles. The molecular formula is C21H20N4O5. The molecule has 0 bridgehead atoms. The van der Waals surface area contributed by atoms with Crippen LogP contribution in [0.15, 0.2) is 48.7 Å². The van der Waals surface area contributed by atoms with Crippen LogP contribution in [0.4, 0.5) is 11.4 Å². The van der Waals surface area contributed by atoms with E-state index in [0.717, 1.165) is 12.8 Å². The van der Waals surface area contributed by atoms with E-state index < -0.39 is 15.8 Å². The summed E-state index contributed by atoms with van der Waals surface area (Å²) in [5.74, 6) is -0.488. The Bertz CT molecular complexity index is 1130. The van der Waals surface area contributed by atoms with E-state index in [9.17, 15) is 25.0 Å². The molecule has 1 saturated heterocycles. The van der Waals surface area contributed by atoms with Crippen molar-refractivity contribution in [1.29, 1.82) is 0 Å². The van der Waals surface area contributed by atoms with Crippen molar-refractivity contribution in [3.8, 4) is 0 Å². The molecule has 1 amide bonds. The van der Waals surface area contributed by atoms with Gasteiger partial charge in [-0.1, -0.05) is 12.1 Å². The van der Waals surface area contributed by atoms with Gasteiger partial charge in [-0.05, 0) is 30.0 Å². The van der Waals surface area contributed by atoms with Gasteiger partial charge in [0.05, 0.1) is 9.85 Å². The average molecular weight is 408 g/mol. The number of nitro groups is 2. The molecule has 1 unspecified atom stereocenters. The van der Waals surface area contributed by atoms with E-state index in [1.807, 2.05) is 4.90 Å². The summed E-state index contributed by atoms with van der Waals surface area (Å²) >= 11 is 0. The quantitative estimate of drug-likeness (QED) is 0.485. The van der Waals surface area contributed by atoms with Crippen molar-refractivity contribution >= 4 is 28.2 Å². The number of hydrogen-bond acceptors (Lipinski definition) is 5. The summed E-state index contributed by atoms with van der Waals surface area (Å²) in [7, 11) is 0. The molecule has 1 aliphatic heterocycles. The molecule has 1 atom stereocenters. The average Bonchev–Trinajstić information content (AvgIpc) is 3.41. The molecule has 0 saturated carbocycles. The fourth-order valence-electron chi connectivity index (χ4n) is 4.06. The number of hydrogen-bond donors (Lipinski definition) is 1. The fraction of sp³-hybridized carbons (Fsp3) is 0.286. The Kier molecular flexibility index (Phi) is 5.18. The van der Waals surface area contributed by atoms with Gasteiger partial charge in [-0.3, -0.25) is 25.0 Å². The van der Waals surface area contributed by atoms with Crippen LogP contribution in [-0.4, -0.2) is 38.7 Å². The first-order chi connectivity index (χ1) is 14.4. The van der Waals surface area contributed by atoms with E-state index in [-0.39, 0.29) is 23.7 Å². The van der Waals surface area contributed by atoms with Crippen molar-refractivity contribution in [1.82, 2.24) is 9.88 Å². The SMILES string of the molecule is O=C(CC(c1cccc([N+](=O)[O-])c1)c1c[nH]c2ccc([N+](=O)[O-])cc12)N1CCCC1. The molecule has 1 aliphatic rings. The highest BCUT2D eigenvalue weighted by Crippen LogP contribution is 2.36. The van der Waals surface area contributed by atoms with Crippen LogP contribution in [-0.2, 0) is 4.79 Å². The molecule has 9 heteroatoms. The lowest BCUT2D eigenvalue weighted by Crippen LogP contribution is -2.29. The van der Waals surface area contributed by atoms with Gasteiger partial charge >= 0.3 is 0 Å². The van der Waals surface area contributed by atoms with Crippen molar-refractivity contribution in [3.63, 3.8) is 0 Å². The van der Waals surface area contributed by atoms with Crippen molar-refractivity contribution in [2.24, 2.45) is 0 Å². The number of benzene rings is 2. The van der Waals surface area contributed by atoms with Crippen LogP contribution in [0.5, 0.6) is 0 Å². The van der Waals surface area contributed by atoms with Crippen LogP contribution < -0.4 is 0 Å². The van der Waals surface area contributed by atoms with Gasteiger partial charge in [0.15, 0.2) is 0 Å². The van der Waals surface area contributed by atoms with Crippen LogP contribution in [0.3, 0.4) is 0 Å². The summed E-state index contributed by atoms with van der Waals surface area (Å²) in [4.78, 5) is 39.4. The van der Waals surface area contributed by atoms with E-state index in [4.69, 9.17) is 0 Å². The number of amides is 1. The van der Waals surface area contributed by atoms with Gasteiger partial charge in [-0.2, -0.15) is 0 Å². The molecule has 154 valence electrons. The largest absolute Gasteiger partial charge is 0.361 e. The Morgan fingerprint density at radius 3 is 2.43 bits per heavy atom. The second-order valence-corrected chi connectivity index (χ2v) is 7.43. The summed E-state index contributed by atoms with van der Waals surface area (Å²) in [6.45, 7) is 1.42. The van der Waals surface area contributed by atoms with Crippen LogP contribution >= 0.6 is 0 Å². The number of H-pyrrole nitrogens is 1. The maximum absolute atomic E-state index is 12.9. The summed E-state index contributed by atoms with van der Waals surface area (Å²) in [5.41, 5.74) is 1.94. The van der Waals surface area contributed by atoms with Crippen molar-refractivity contribution < 1.29 is 14.6 Å². The third-order valence-corrected chi connectivity index (χ3v) is 5.60. The Balaban J connectivity index is 1.80. The number of nitrogens with one attached hydrogen (secondary N) is 1. The highest BCUT2D eigenvalue weighted by Gasteiger charge is 2.27. The molecule has 9 nitrogen and oxygen atoms in total. The summed E-state index contributed by atoms with van der Waals surface area (Å²) in [6.07, 6.45) is 3.80. The zero-order valence-corrected chi connectivity index (χ0v) is 16.1. The Hall–Kier alpha value is -3.75. The Morgan fingerprint density at radius 2 is 1.73 bits per heavy atom. The zero-order valence-electron chi connectivity index (χ0n) is 16.1. The summed E-state index contributed by atoms with van der Waals surface area (Å²) < 4.78 is 0. The number of carbonyl (C=O) groups is 1. The number of nitro benzene ring substituents is 2. The first-order valence-electron chi connectivity index (χ1n) is 9.71. The molecule has 3 aromatic rings. The monoisotopic (exact) mass is 408 g/mol. The molecule has 0 aliphatic carbocycles. The van der Waals surface area contributed by atoms with Crippen molar-refractivity contribution in [2.45, 2.75) is 25.2 Å². The highest BCUT2D eigenvalue weighted by atomic mass is 16.6. The molecule has 0 radical (unpaired) electrons. The minimum Gasteiger partial charge on any atom is -0.361 e. The molecule has 4 rings (SSSR count). The number of fused-ring (bicyclic) bond motifs is 1. The topological polar surface area (TPSA) is 122 Å². The minimum absolute atomic E-state index is 0.0243. The van der Waals surface area contributed by atoms with Gasteiger partial charge in [0.2, 0.25) is 5.91 Å². The van der Waals surface area contributed by atoms with Crippen LogP contribution in [0.2, 0.25) is 0 Å². The molecule has 1 aromatic heterocycles. The van der Waals surface area contributed by atoms with E-state index in [0.29, 0.717) is 35.1 Å². The number of aromatic nitrogens is 1. The summed E-state index contributed by atoms with van der Waals surface area (Å²) in [6, 6.07) is 10.8. The van der Waals surface area contributed by atoms with Crippen LogP contribution in [0, 0.1) is 20.2 Å². The maximum Gasteiger partial charge on any atom is 0.270 e. The predicted molar refractivity (Wildman–Crippen MR) is 110 cm³/mol. The lowest BCUT2D eigenvalue weighted by atomic mass is 9.87. The van der Waals surface area contributed by atoms with Crippen LogP contribution in [0.1, 0.15) is 36.3 Å². The molecule has 2 heterocycles. The second kappa shape index (κ2) is 7.94. The summed E-state index contributed by atoms with van der Waals surface area (Å²) in [5, 5.41) is 23.2. The van der Waals surface area contributed by atoms with E-state index in [1.54, 1.807) is 24.4 Å². The van der Waals surface area contributed by atoms with Gasteiger partial charge in [0.1, 0.15) is 0 Å². The van der Waals surface area contributed by atoms with Gasteiger partial charge in [-0.25, -0.2) is 0 Å². The lowest BCUT2D eigenvalue weighted by molar-refractivity contribution is -0.385. The molecular weight excluding hydrogens is 388 g/mol. The van der Waals surface area contributed by atoms with Gasteiger partial charge in [0, 0.05) is 66.8 Å². The predicted octanol–water partition coefficient (Wildman–Crippen LogP) is 4.13. The number of non-ortho nitro benzene ring substituents is 2.